The molecule has 6 nitrogen and oxygen atoms in total. The van der Waals surface area contributed by atoms with Crippen LogP contribution in [0.3, 0.4) is 0 Å². The van der Waals surface area contributed by atoms with Crippen LogP contribution in [-0.4, -0.2) is 52.5 Å². The van der Waals surface area contributed by atoms with Gasteiger partial charge in [-0.2, -0.15) is 5.26 Å². The van der Waals surface area contributed by atoms with Crippen LogP contribution in [0.2, 0.25) is 0 Å². The molecule has 3 aromatic heterocycles. The third-order valence-electron chi connectivity index (χ3n) is 5.27. The summed E-state index contributed by atoms with van der Waals surface area (Å²) in [5.74, 6) is 0.967. The summed E-state index contributed by atoms with van der Waals surface area (Å²) in [6, 6.07) is 8.26. The van der Waals surface area contributed by atoms with Crippen LogP contribution in [-0.2, 0) is 0 Å². The van der Waals surface area contributed by atoms with Crippen LogP contribution >= 0.6 is 0 Å². The van der Waals surface area contributed by atoms with Crippen molar-refractivity contribution in [3.05, 3.63) is 47.8 Å². The molecule has 0 amide bonds. The van der Waals surface area contributed by atoms with Crippen molar-refractivity contribution in [2.24, 2.45) is 0 Å². The second kappa shape index (κ2) is 7.45. The van der Waals surface area contributed by atoms with Crippen molar-refractivity contribution in [3.63, 3.8) is 0 Å². The van der Waals surface area contributed by atoms with Gasteiger partial charge < -0.3 is 9.80 Å². The Morgan fingerprint density at radius 1 is 1.14 bits per heavy atom. The van der Waals surface area contributed by atoms with Crippen molar-refractivity contribution in [2.75, 3.05) is 38.1 Å². The van der Waals surface area contributed by atoms with E-state index in [9.17, 15) is 5.26 Å². The van der Waals surface area contributed by atoms with Crippen molar-refractivity contribution in [3.8, 4) is 6.07 Å². The summed E-state index contributed by atoms with van der Waals surface area (Å²) in [5, 5.41) is 10.6. The molecular weight excluding hydrogens is 348 g/mol. The number of rotatable bonds is 3. The number of allylic oxidation sites excluding steroid dienone is 1. The Labute approximate surface area is 165 Å². The maximum Gasteiger partial charge on any atom is 0.157 e. The van der Waals surface area contributed by atoms with Crippen LogP contribution in [0.5, 0.6) is 0 Å². The van der Waals surface area contributed by atoms with Crippen LogP contribution in [0, 0.1) is 11.3 Å². The third kappa shape index (κ3) is 3.04. The van der Waals surface area contributed by atoms with Crippen LogP contribution in [0.15, 0.2) is 30.9 Å². The lowest BCUT2D eigenvalue weighted by Crippen LogP contribution is -2.29. The molecule has 1 aliphatic rings. The fourth-order valence-corrected chi connectivity index (χ4v) is 3.81. The smallest absolute Gasteiger partial charge is 0.157 e. The third-order valence-corrected chi connectivity index (χ3v) is 5.27. The average molecular weight is 372 g/mol. The van der Waals surface area contributed by atoms with Crippen LogP contribution in [0.25, 0.3) is 28.8 Å². The number of likely N-dealkylation sites (N-methyl/N-ethyl adjacent to an activating group) is 1. The monoisotopic (exact) mass is 372 g/mol. The first-order chi connectivity index (χ1) is 13.7. The van der Waals surface area contributed by atoms with Crippen LogP contribution < -0.4 is 4.90 Å². The minimum Gasteiger partial charge on any atom is -0.355 e. The summed E-state index contributed by atoms with van der Waals surface area (Å²) in [6.07, 6.45) is 6.81. The molecule has 4 rings (SSSR count). The number of imidazole rings is 1. The molecule has 142 valence electrons. The molecule has 0 bridgehead atoms. The molecule has 1 saturated heterocycles. The van der Waals surface area contributed by atoms with Gasteiger partial charge in [0.2, 0.25) is 0 Å². The first-order valence-electron chi connectivity index (χ1n) is 9.61. The highest BCUT2D eigenvalue weighted by atomic mass is 15.2. The Morgan fingerprint density at radius 2 is 2.00 bits per heavy atom. The predicted molar refractivity (Wildman–Crippen MR) is 114 cm³/mol. The lowest BCUT2D eigenvalue weighted by atomic mass is 10.2. The minimum absolute atomic E-state index is 0.539. The van der Waals surface area contributed by atoms with E-state index in [-0.39, 0.29) is 0 Å². The molecular formula is C22H24N6. The second-order valence-electron chi connectivity index (χ2n) is 7.14. The molecule has 0 unspecified atom stereocenters. The van der Waals surface area contributed by atoms with Gasteiger partial charge in [-0.15, -0.1) is 0 Å². The average Bonchev–Trinajstić information content (AvgIpc) is 2.94. The van der Waals surface area contributed by atoms with Gasteiger partial charge in [0.05, 0.1) is 17.0 Å². The zero-order valence-corrected chi connectivity index (χ0v) is 16.4. The predicted octanol–water partition coefficient (Wildman–Crippen LogP) is 3.57. The summed E-state index contributed by atoms with van der Waals surface area (Å²) in [4.78, 5) is 14.4. The van der Waals surface area contributed by atoms with Gasteiger partial charge in [0.15, 0.2) is 5.65 Å². The van der Waals surface area contributed by atoms with Gasteiger partial charge in [-0.3, -0.25) is 4.40 Å². The first-order valence-corrected chi connectivity index (χ1v) is 9.61. The lowest BCUT2D eigenvalue weighted by Gasteiger charge is -2.22. The zero-order chi connectivity index (χ0) is 19.7. The van der Waals surface area contributed by atoms with Crippen molar-refractivity contribution in [2.45, 2.75) is 13.3 Å². The van der Waals surface area contributed by atoms with E-state index < -0.39 is 0 Å². The number of nitrogens with zero attached hydrogens (tertiary/aromatic N) is 6. The number of pyridine rings is 2. The van der Waals surface area contributed by atoms with Gasteiger partial charge in [-0.05, 0) is 57.3 Å². The molecule has 0 saturated carbocycles. The van der Waals surface area contributed by atoms with Gasteiger partial charge >= 0.3 is 0 Å². The normalized spacial score (nSPS) is 16.0. The fraction of sp³-hybridized carbons (Fsp3) is 0.318. The maximum atomic E-state index is 9.63. The first kappa shape index (κ1) is 18.2. The van der Waals surface area contributed by atoms with Gasteiger partial charge in [0, 0.05) is 25.0 Å². The van der Waals surface area contributed by atoms with E-state index in [1.54, 1.807) is 6.08 Å². The summed E-state index contributed by atoms with van der Waals surface area (Å²) in [7, 11) is 2.16. The topological polar surface area (TPSA) is 60.5 Å². The van der Waals surface area contributed by atoms with E-state index >= 15 is 0 Å². The highest BCUT2D eigenvalue weighted by Gasteiger charge is 2.18. The number of fused-ring (bicyclic) bond motifs is 3. The lowest BCUT2D eigenvalue weighted by molar-refractivity contribution is 0.360. The number of nitriles is 1. The largest absolute Gasteiger partial charge is 0.355 e. The summed E-state index contributed by atoms with van der Waals surface area (Å²) >= 11 is 0. The van der Waals surface area contributed by atoms with Gasteiger partial charge in [0.1, 0.15) is 17.5 Å². The Balaban J connectivity index is 1.97. The van der Waals surface area contributed by atoms with Crippen molar-refractivity contribution in [1.82, 2.24) is 19.3 Å². The molecule has 6 heteroatoms. The van der Waals surface area contributed by atoms with E-state index in [0.717, 1.165) is 60.8 Å². The van der Waals surface area contributed by atoms with E-state index in [4.69, 9.17) is 4.98 Å². The standard InChI is InChI=1S/C22H24N6/c1-4-7-19-18(5-2)24-22-17(15-23)14-16-8-9-20(25-21(16)28(19)22)27-11-6-10-26(3)12-13-27/h4-5,7-9,14H,2,6,10-13H2,1,3H3/b7-4-. The van der Waals surface area contributed by atoms with E-state index in [1.165, 1.54) is 0 Å². The van der Waals surface area contributed by atoms with Crippen molar-refractivity contribution in [1.29, 1.82) is 5.26 Å². The Morgan fingerprint density at radius 3 is 2.75 bits per heavy atom. The molecule has 0 radical (unpaired) electrons. The fourth-order valence-electron chi connectivity index (χ4n) is 3.81. The highest BCUT2D eigenvalue weighted by Crippen LogP contribution is 2.27. The maximum absolute atomic E-state index is 9.63. The number of aromatic nitrogens is 3. The molecule has 1 fully saturated rings. The van der Waals surface area contributed by atoms with Crippen LogP contribution in [0.4, 0.5) is 5.82 Å². The Bertz CT molecular complexity index is 1120. The van der Waals surface area contributed by atoms with Crippen molar-refractivity contribution < 1.29 is 0 Å². The molecule has 0 spiro atoms. The van der Waals surface area contributed by atoms with Gasteiger partial charge in [0.25, 0.3) is 0 Å². The Hall–Kier alpha value is -3.17. The minimum atomic E-state index is 0.539. The molecule has 0 aliphatic carbocycles. The van der Waals surface area contributed by atoms with Gasteiger partial charge in [-0.1, -0.05) is 12.7 Å². The molecule has 4 heterocycles. The number of hydrogen-bond acceptors (Lipinski definition) is 5. The van der Waals surface area contributed by atoms with Crippen molar-refractivity contribution >= 4 is 34.7 Å². The second-order valence-corrected chi connectivity index (χ2v) is 7.14. The molecule has 28 heavy (non-hydrogen) atoms. The molecule has 0 aromatic carbocycles. The van der Waals surface area contributed by atoms with Crippen LogP contribution in [0.1, 0.15) is 30.3 Å². The number of anilines is 1. The van der Waals surface area contributed by atoms with E-state index in [0.29, 0.717) is 11.2 Å². The van der Waals surface area contributed by atoms with E-state index in [2.05, 4.69) is 46.6 Å². The summed E-state index contributed by atoms with van der Waals surface area (Å²) < 4.78 is 1.98. The summed E-state index contributed by atoms with van der Waals surface area (Å²) in [6.45, 7) is 9.94. The SMILES string of the molecule is C=Cc1nc2c(C#N)cc3ccc(N4CCCN(C)CC4)nc3n2c1/C=C\C. The zero-order valence-electron chi connectivity index (χ0n) is 16.4. The summed E-state index contributed by atoms with van der Waals surface area (Å²) in [5.41, 5.74) is 3.63. The Kier molecular flexibility index (Phi) is 4.84. The van der Waals surface area contributed by atoms with Gasteiger partial charge in [-0.25, -0.2) is 9.97 Å². The molecule has 0 N–H and O–H groups in total. The molecule has 0 atom stereocenters. The molecule has 1 aliphatic heterocycles. The number of hydrogen-bond donors (Lipinski definition) is 0. The highest BCUT2D eigenvalue weighted by molar-refractivity contribution is 5.86. The molecule has 3 aromatic rings. The van der Waals surface area contributed by atoms with E-state index in [1.807, 2.05) is 29.5 Å². The quantitative estimate of drug-likeness (QED) is 0.703.